The number of fused-ring (bicyclic) bond motifs is 1. The molecule has 0 bridgehead atoms. The first-order chi connectivity index (χ1) is 8.74. The number of anilines is 1. The molecule has 0 aliphatic carbocycles. The number of hydrogen-bond donors (Lipinski definition) is 3. The zero-order chi connectivity index (χ0) is 12.5. The van der Waals surface area contributed by atoms with Gasteiger partial charge in [0.2, 0.25) is 0 Å². The molecule has 0 saturated heterocycles. The van der Waals surface area contributed by atoms with Crippen molar-refractivity contribution in [2.75, 3.05) is 5.32 Å². The maximum absolute atomic E-state index is 12.0. The van der Waals surface area contributed by atoms with E-state index in [1.165, 1.54) is 0 Å². The van der Waals surface area contributed by atoms with Crippen LogP contribution < -0.4 is 5.32 Å². The van der Waals surface area contributed by atoms with Crippen LogP contribution in [-0.2, 0) is 0 Å². The number of hydrogen-bond acceptors (Lipinski definition) is 2. The number of amides is 1. The fourth-order valence-electron chi connectivity index (χ4n) is 1.95. The highest BCUT2D eigenvalue weighted by molar-refractivity contribution is 6.06. The summed E-state index contributed by atoms with van der Waals surface area (Å²) in [5.74, 6) is -0.174. The summed E-state index contributed by atoms with van der Waals surface area (Å²) in [6.45, 7) is 2.01. The Kier molecular flexibility index (Phi) is 2.37. The lowest BCUT2D eigenvalue weighted by atomic mass is 10.2. The van der Waals surface area contributed by atoms with Crippen molar-refractivity contribution in [3.63, 3.8) is 0 Å². The van der Waals surface area contributed by atoms with E-state index in [4.69, 9.17) is 0 Å². The van der Waals surface area contributed by atoms with Crippen LogP contribution in [0.15, 0.2) is 36.7 Å². The average Bonchev–Trinajstić information content (AvgIpc) is 2.97. The molecule has 0 spiro atoms. The summed E-state index contributed by atoms with van der Waals surface area (Å²) in [7, 11) is 0. The lowest BCUT2D eigenvalue weighted by Crippen LogP contribution is -2.11. The quantitative estimate of drug-likeness (QED) is 0.643. The van der Waals surface area contributed by atoms with Crippen molar-refractivity contribution in [2.45, 2.75) is 6.92 Å². The SMILES string of the molecule is Cc1cccc2cc(C(=O)Nc3cn[nH]c3)[nH]c12. The van der Waals surface area contributed by atoms with Gasteiger partial charge >= 0.3 is 0 Å². The van der Waals surface area contributed by atoms with E-state index < -0.39 is 0 Å². The molecule has 0 unspecified atom stereocenters. The summed E-state index contributed by atoms with van der Waals surface area (Å²) in [6.07, 6.45) is 3.19. The molecule has 90 valence electrons. The van der Waals surface area contributed by atoms with Gasteiger partial charge in [0, 0.05) is 17.1 Å². The molecule has 0 atom stereocenters. The largest absolute Gasteiger partial charge is 0.350 e. The van der Waals surface area contributed by atoms with Gasteiger partial charge in [0.15, 0.2) is 0 Å². The number of benzene rings is 1. The number of nitrogens with one attached hydrogen (secondary N) is 3. The maximum atomic E-state index is 12.0. The summed E-state index contributed by atoms with van der Waals surface area (Å²) in [6, 6.07) is 7.81. The Morgan fingerprint density at radius 2 is 2.28 bits per heavy atom. The van der Waals surface area contributed by atoms with Gasteiger partial charge in [-0.2, -0.15) is 5.10 Å². The van der Waals surface area contributed by atoms with Gasteiger partial charge in [-0.05, 0) is 18.6 Å². The van der Waals surface area contributed by atoms with Gasteiger partial charge in [-0.25, -0.2) is 0 Å². The molecule has 3 rings (SSSR count). The predicted octanol–water partition coefficient (Wildman–Crippen LogP) is 2.45. The third-order valence-corrected chi connectivity index (χ3v) is 2.87. The molecule has 1 amide bonds. The Morgan fingerprint density at radius 3 is 3.00 bits per heavy atom. The summed E-state index contributed by atoms with van der Waals surface area (Å²) < 4.78 is 0. The van der Waals surface area contributed by atoms with Crippen molar-refractivity contribution < 1.29 is 4.79 Å². The Morgan fingerprint density at radius 1 is 1.39 bits per heavy atom. The minimum atomic E-state index is -0.174. The average molecular weight is 240 g/mol. The van der Waals surface area contributed by atoms with E-state index in [0.717, 1.165) is 16.5 Å². The molecule has 0 aliphatic heterocycles. The monoisotopic (exact) mass is 240 g/mol. The third-order valence-electron chi connectivity index (χ3n) is 2.87. The first kappa shape index (κ1) is 10.6. The van der Waals surface area contributed by atoms with Crippen molar-refractivity contribution in [3.8, 4) is 0 Å². The Balaban J connectivity index is 1.94. The van der Waals surface area contributed by atoms with Crippen LogP contribution in [0.3, 0.4) is 0 Å². The molecule has 2 aromatic heterocycles. The minimum Gasteiger partial charge on any atom is -0.350 e. The van der Waals surface area contributed by atoms with E-state index in [9.17, 15) is 4.79 Å². The molecular weight excluding hydrogens is 228 g/mol. The maximum Gasteiger partial charge on any atom is 0.272 e. The molecule has 5 heteroatoms. The summed E-state index contributed by atoms with van der Waals surface area (Å²) in [5, 5.41) is 10.2. The molecule has 18 heavy (non-hydrogen) atoms. The normalized spacial score (nSPS) is 10.7. The molecule has 5 nitrogen and oxygen atoms in total. The second kappa shape index (κ2) is 4.03. The van der Waals surface area contributed by atoms with E-state index in [-0.39, 0.29) is 5.91 Å². The summed E-state index contributed by atoms with van der Waals surface area (Å²) in [5.41, 5.74) is 3.31. The van der Waals surface area contributed by atoms with Crippen molar-refractivity contribution in [2.24, 2.45) is 0 Å². The molecule has 0 radical (unpaired) electrons. The van der Waals surface area contributed by atoms with Gasteiger partial charge in [0.1, 0.15) is 5.69 Å². The topological polar surface area (TPSA) is 73.6 Å². The van der Waals surface area contributed by atoms with Crippen LogP contribution >= 0.6 is 0 Å². The third kappa shape index (κ3) is 1.75. The lowest BCUT2D eigenvalue weighted by Gasteiger charge is -1.98. The molecule has 3 N–H and O–H groups in total. The lowest BCUT2D eigenvalue weighted by molar-refractivity contribution is 0.102. The Labute approximate surface area is 103 Å². The molecule has 0 fully saturated rings. The smallest absolute Gasteiger partial charge is 0.272 e. The molecule has 3 aromatic rings. The molecular formula is C13H12N4O. The summed E-state index contributed by atoms with van der Waals surface area (Å²) in [4.78, 5) is 15.1. The zero-order valence-electron chi connectivity index (χ0n) is 9.82. The molecule has 1 aromatic carbocycles. The van der Waals surface area contributed by atoms with Crippen LogP contribution in [0, 0.1) is 6.92 Å². The van der Waals surface area contributed by atoms with Crippen LogP contribution in [0.5, 0.6) is 0 Å². The Hall–Kier alpha value is -2.56. The first-order valence-electron chi connectivity index (χ1n) is 5.62. The van der Waals surface area contributed by atoms with E-state index in [0.29, 0.717) is 11.4 Å². The van der Waals surface area contributed by atoms with Gasteiger partial charge in [-0.1, -0.05) is 18.2 Å². The number of aromatic amines is 2. The number of carbonyl (C=O) groups is 1. The number of carbonyl (C=O) groups excluding carboxylic acids is 1. The van der Waals surface area contributed by atoms with E-state index >= 15 is 0 Å². The Bertz CT molecular complexity index is 697. The van der Waals surface area contributed by atoms with Crippen molar-refractivity contribution in [3.05, 3.63) is 47.9 Å². The van der Waals surface area contributed by atoms with E-state index in [1.54, 1.807) is 12.4 Å². The van der Waals surface area contributed by atoms with Crippen LogP contribution in [0.1, 0.15) is 16.1 Å². The second-order valence-corrected chi connectivity index (χ2v) is 4.16. The second-order valence-electron chi connectivity index (χ2n) is 4.16. The molecule has 2 heterocycles. The van der Waals surface area contributed by atoms with E-state index in [2.05, 4.69) is 20.5 Å². The minimum absolute atomic E-state index is 0.174. The molecule has 0 saturated carbocycles. The number of nitrogens with zero attached hydrogens (tertiary/aromatic N) is 1. The highest BCUT2D eigenvalue weighted by atomic mass is 16.1. The van der Waals surface area contributed by atoms with Crippen LogP contribution in [0.2, 0.25) is 0 Å². The first-order valence-corrected chi connectivity index (χ1v) is 5.62. The van der Waals surface area contributed by atoms with E-state index in [1.807, 2.05) is 31.2 Å². The number of aryl methyl sites for hydroxylation is 1. The van der Waals surface area contributed by atoms with Gasteiger partial charge in [-0.3, -0.25) is 9.89 Å². The van der Waals surface area contributed by atoms with Crippen molar-refractivity contribution in [1.82, 2.24) is 15.2 Å². The van der Waals surface area contributed by atoms with Crippen LogP contribution in [0.4, 0.5) is 5.69 Å². The zero-order valence-corrected chi connectivity index (χ0v) is 9.82. The molecule has 0 aliphatic rings. The highest BCUT2D eigenvalue weighted by Gasteiger charge is 2.10. The standard InChI is InChI=1S/C13H12N4O/c1-8-3-2-4-9-5-11(17-12(8)9)13(18)16-10-6-14-15-7-10/h2-7,17H,1H3,(H,14,15)(H,16,18). The summed E-state index contributed by atoms with van der Waals surface area (Å²) >= 11 is 0. The number of aromatic nitrogens is 3. The fourth-order valence-corrected chi connectivity index (χ4v) is 1.95. The predicted molar refractivity (Wildman–Crippen MR) is 69.6 cm³/mol. The van der Waals surface area contributed by atoms with Crippen LogP contribution in [-0.4, -0.2) is 21.1 Å². The highest BCUT2D eigenvalue weighted by Crippen LogP contribution is 2.19. The van der Waals surface area contributed by atoms with Crippen LogP contribution in [0.25, 0.3) is 10.9 Å². The number of H-pyrrole nitrogens is 2. The fraction of sp³-hybridized carbons (Fsp3) is 0.0769. The van der Waals surface area contributed by atoms with Gasteiger partial charge in [0.05, 0.1) is 11.9 Å². The van der Waals surface area contributed by atoms with Gasteiger partial charge in [-0.15, -0.1) is 0 Å². The number of rotatable bonds is 2. The van der Waals surface area contributed by atoms with Gasteiger partial charge in [0.25, 0.3) is 5.91 Å². The number of para-hydroxylation sites is 1. The van der Waals surface area contributed by atoms with Crippen molar-refractivity contribution in [1.29, 1.82) is 0 Å². The van der Waals surface area contributed by atoms with Crippen molar-refractivity contribution >= 4 is 22.5 Å². The van der Waals surface area contributed by atoms with Gasteiger partial charge < -0.3 is 10.3 Å².